The summed E-state index contributed by atoms with van der Waals surface area (Å²) in [5.74, 6) is -0.257. The van der Waals surface area contributed by atoms with Gasteiger partial charge in [-0.1, -0.05) is 19.1 Å². The van der Waals surface area contributed by atoms with Crippen LogP contribution >= 0.6 is 22.6 Å². The molecule has 5 heteroatoms. The van der Waals surface area contributed by atoms with Crippen LogP contribution in [0.1, 0.15) is 30.1 Å². The maximum atomic E-state index is 12.3. The van der Waals surface area contributed by atoms with Crippen molar-refractivity contribution in [2.75, 3.05) is 10.6 Å². The third kappa shape index (κ3) is 4.56. The molecule has 0 saturated carbocycles. The second kappa shape index (κ2) is 7.93. The lowest BCUT2D eigenvalue weighted by Gasteiger charge is -2.12. The average molecular weight is 408 g/mol. The fourth-order valence-corrected chi connectivity index (χ4v) is 2.30. The number of anilines is 2. The average Bonchev–Trinajstić information content (AvgIpc) is 2.50. The Bertz CT molecular complexity index is 669. The van der Waals surface area contributed by atoms with Crippen molar-refractivity contribution in [3.63, 3.8) is 0 Å². The second-order valence-electron chi connectivity index (χ2n) is 4.80. The number of hydrogen-bond acceptors (Lipinski definition) is 2. The molecule has 2 N–H and O–H groups in total. The Hall–Kier alpha value is -1.89. The standard InChI is InChI=1S/C17H17IN2O2/c1-2-5-16(21)19-14-6-3-4-7-15(14)20-17(22)12-8-10-13(18)11-9-12/h3-4,6-11H,2,5H2,1H3,(H,19,21)(H,20,22). The number of carbonyl (C=O) groups excluding carboxylic acids is 2. The van der Waals surface area contributed by atoms with Crippen LogP contribution in [0, 0.1) is 3.57 Å². The van der Waals surface area contributed by atoms with Crippen molar-refractivity contribution in [3.05, 3.63) is 57.7 Å². The predicted molar refractivity (Wildman–Crippen MR) is 97.1 cm³/mol. The van der Waals surface area contributed by atoms with Gasteiger partial charge < -0.3 is 10.6 Å². The largest absolute Gasteiger partial charge is 0.324 e. The molecular formula is C17H17IN2O2. The highest BCUT2D eigenvalue weighted by molar-refractivity contribution is 14.1. The fraction of sp³-hybridized carbons (Fsp3) is 0.176. The molecule has 0 heterocycles. The van der Waals surface area contributed by atoms with E-state index in [0.717, 1.165) is 9.99 Å². The number of amides is 2. The smallest absolute Gasteiger partial charge is 0.255 e. The van der Waals surface area contributed by atoms with Crippen molar-refractivity contribution in [3.8, 4) is 0 Å². The maximum absolute atomic E-state index is 12.3. The molecule has 0 atom stereocenters. The highest BCUT2D eigenvalue weighted by Crippen LogP contribution is 2.22. The Kier molecular flexibility index (Phi) is 5.94. The van der Waals surface area contributed by atoms with Crippen molar-refractivity contribution in [2.24, 2.45) is 0 Å². The Morgan fingerprint density at radius 3 is 2.14 bits per heavy atom. The van der Waals surface area contributed by atoms with Gasteiger partial charge in [0.25, 0.3) is 5.91 Å². The Morgan fingerprint density at radius 1 is 0.955 bits per heavy atom. The van der Waals surface area contributed by atoms with E-state index in [1.54, 1.807) is 24.3 Å². The number of nitrogens with one attached hydrogen (secondary N) is 2. The van der Waals surface area contributed by atoms with Crippen molar-refractivity contribution in [1.82, 2.24) is 0 Å². The van der Waals surface area contributed by atoms with E-state index in [1.807, 2.05) is 31.2 Å². The molecule has 0 fully saturated rings. The number of benzene rings is 2. The molecule has 22 heavy (non-hydrogen) atoms. The SMILES string of the molecule is CCCC(=O)Nc1ccccc1NC(=O)c1ccc(I)cc1. The lowest BCUT2D eigenvalue weighted by atomic mass is 10.2. The van der Waals surface area contributed by atoms with Gasteiger partial charge in [-0.05, 0) is 65.4 Å². The molecule has 2 aromatic carbocycles. The van der Waals surface area contributed by atoms with Gasteiger partial charge >= 0.3 is 0 Å². The summed E-state index contributed by atoms with van der Waals surface area (Å²) in [5, 5.41) is 5.66. The van der Waals surface area contributed by atoms with Crippen LogP contribution in [-0.4, -0.2) is 11.8 Å². The molecule has 2 amide bonds. The van der Waals surface area contributed by atoms with Crippen LogP contribution in [0.25, 0.3) is 0 Å². The maximum Gasteiger partial charge on any atom is 0.255 e. The number of rotatable bonds is 5. The molecule has 0 radical (unpaired) electrons. The van der Waals surface area contributed by atoms with Crippen LogP contribution in [0.4, 0.5) is 11.4 Å². The van der Waals surface area contributed by atoms with Crippen LogP contribution in [0.2, 0.25) is 0 Å². The molecule has 0 aromatic heterocycles. The van der Waals surface area contributed by atoms with E-state index in [2.05, 4.69) is 33.2 Å². The van der Waals surface area contributed by atoms with Crippen molar-refractivity contribution >= 4 is 45.8 Å². The van der Waals surface area contributed by atoms with E-state index in [-0.39, 0.29) is 11.8 Å². The van der Waals surface area contributed by atoms with E-state index in [1.165, 1.54) is 0 Å². The van der Waals surface area contributed by atoms with Gasteiger partial charge in [0.15, 0.2) is 0 Å². The molecule has 0 unspecified atom stereocenters. The molecule has 0 bridgehead atoms. The minimum absolute atomic E-state index is 0.0570. The van der Waals surface area contributed by atoms with Gasteiger partial charge in [-0.2, -0.15) is 0 Å². The van der Waals surface area contributed by atoms with Crippen molar-refractivity contribution < 1.29 is 9.59 Å². The number of para-hydroxylation sites is 2. The number of carbonyl (C=O) groups is 2. The fourth-order valence-electron chi connectivity index (χ4n) is 1.94. The summed E-state index contributed by atoms with van der Waals surface area (Å²) in [6, 6.07) is 14.5. The summed E-state index contributed by atoms with van der Waals surface area (Å²) in [4.78, 5) is 24.0. The zero-order valence-corrected chi connectivity index (χ0v) is 14.4. The summed E-state index contributed by atoms with van der Waals surface area (Å²) in [6.07, 6.45) is 1.24. The minimum Gasteiger partial charge on any atom is -0.324 e. The first-order valence-electron chi connectivity index (χ1n) is 7.06. The highest BCUT2D eigenvalue weighted by Gasteiger charge is 2.10. The molecule has 2 aromatic rings. The van der Waals surface area contributed by atoms with Gasteiger partial charge in [-0.25, -0.2) is 0 Å². The third-order valence-corrected chi connectivity index (χ3v) is 3.75. The lowest BCUT2D eigenvalue weighted by molar-refractivity contribution is -0.116. The predicted octanol–water partition coefficient (Wildman–Crippen LogP) is 4.28. The van der Waals surface area contributed by atoms with E-state index in [4.69, 9.17) is 0 Å². The molecule has 2 rings (SSSR count). The number of halogens is 1. The van der Waals surface area contributed by atoms with Gasteiger partial charge in [-0.15, -0.1) is 0 Å². The van der Waals surface area contributed by atoms with Gasteiger partial charge in [-0.3, -0.25) is 9.59 Å². The zero-order chi connectivity index (χ0) is 15.9. The second-order valence-corrected chi connectivity index (χ2v) is 6.05. The molecule has 0 aliphatic rings. The molecule has 0 saturated heterocycles. The first-order chi connectivity index (χ1) is 10.6. The molecule has 114 valence electrons. The van der Waals surface area contributed by atoms with Crippen LogP contribution < -0.4 is 10.6 Å². The molecule has 0 aliphatic heterocycles. The van der Waals surface area contributed by atoms with Crippen LogP contribution in [0.3, 0.4) is 0 Å². The molecule has 0 spiro atoms. The minimum atomic E-state index is -0.200. The zero-order valence-electron chi connectivity index (χ0n) is 12.2. The quantitative estimate of drug-likeness (QED) is 0.726. The van der Waals surface area contributed by atoms with Crippen LogP contribution in [-0.2, 0) is 4.79 Å². The van der Waals surface area contributed by atoms with Gasteiger partial charge in [0.1, 0.15) is 0 Å². The summed E-state index contributed by atoms with van der Waals surface area (Å²) in [5.41, 5.74) is 1.78. The first kappa shape index (κ1) is 16.5. The number of hydrogen-bond donors (Lipinski definition) is 2. The van der Waals surface area contributed by atoms with Crippen LogP contribution in [0.15, 0.2) is 48.5 Å². The topological polar surface area (TPSA) is 58.2 Å². The Balaban J connectivity index is 2.13. The molecular weight excluding hydrogens is 391 g/mol. The Morgan fingerprint density at radius 2 is 1.55 bits per heavy atom. The van der Waals surface area contributed by atoms with E-state index in [0.29, 0.717) is 23.4 Å². The van der Waals surface area contributed by atoms with Gasteiger partial charge in [0.05, 0.1) is 11.4 Å². The van der Waals surface area contributed by atoms with Crippen LogP contribution in [0.5, 0.6) is 0 Å². The third-order valence-electron chi connectivity index (χ3n) is 3.03. The highest BCUT2D eigenvalue weighted by atomic mass is 127. The lowest BCUT2D eigenvalue weighted by Crippen LogP contribution is -2.16. The summed E-state index contributed by atoms with van der Waals surface area (Å²) >= 11 is 2.19. The molecule has 0 aliphatic carbocycles. The first-order valence-corrected chi connectivity index (χ1v) is 8.14. The van der Waals surface area contributed by atoms with E-state index < -0.39 is 0 Å². The van der Waals surface area contributed by atoms with Gasteiger partial charge in [0.2, 0.25) is 5.91 Å². The van der Waals surface area contributed by atoms with E-state index in [9.17, 15) is 9.59 Å². The Labute approximate surface area is 143 Å². The summed E-state index contributed by atoms with van der Waals surface area (Å²) in [7, 11) is 0. The van der Waals surface area contributed by atoms with Crippen molar-refractivity contribution in [1.29, 1.82) is 0 Å². The molecule has 4 nitrogen and oxygen atoms in total. The van der Waals surface area contributed by atoms with Gasteiger partial charge in [0, 0.05) is 15.6 Å². The van der Waals surface area contributed by atoms with E-state index >= 15 is 0 Å². The summed E-state index contributed by atoms with van der Waals surface area (Å²) < 4.78 is 1.07. The summed E-state index contributed by atoms with van der Waals surface area (Å²) in [6.45, 7) is 1.95. The normalized spacial score (nSPS) is 10.1. The van der Waals surface area contributed by atoms with Crippen molar-refractivity contribution in [2.45, 2.75) is 19.8 Å². The monoisotopic (exact) mass is 408 g/mol.